The molecule has 1 aromatic carbocycles. The number of nitrogens with one attached hydrogen (secondary N) is 1. The highest BCUT2D eigenvalue weighted by molar-refractivity contribution is 5.83. The van der Waals surface area contributed by atoms with Gasteiger partial charge in [-0.3, -0.25) is 4.90 Å². The summed E-state index contributed by atoms with van der Waals surface area (Å²) in [6.45, 7) is 3.90. The van der Waals surface area contributed by atoms with Crippen LogP contribution >= 0.6 is 0 Å². The average Bonchev–Trinajstić information content (AvgIpc) is 2.98. The van der Waals surface area contributed by atoms with Crippen LogP contribution in [0, 0.1) is 12.8 Å². The highest BCUT2D eigenvalue weighted by atomic mass is 16.5. The Morgan fingerprint density at radius 1 is 1.40 bits per heavy atom. The van der Waals surface area contributed by atoms with Gasteiger partial charge in [0.25, 0.3) is 0 Å². The number of hydrogen-bond acceptors (Lipinski definition) is 3. The molecule has 4 nitrogen and oxygen atoms in total. The van der Waals surface area contributed by atoms with Crippen molar-refractivity contribution in [3.63, 3.8) is 0 Å². The van der Waals surface area contributed by atoms with E-state index in [1.54, 1.807) is 7.11 Å². The van der Waals surface area contributed by atoms with Gasteiger partial charge in [-0.15, -0.1) is 0 Å². The van der Waals surface area contributed by atoms with E-state index in [1.165, 1.54) is 22.2 Å². The van der Waals surface area contributed by atoms with Crippen LogP contribution in [0.15, 0.2) is 18.2 Å². The smallest absolute Gasteiger partial charge is 0.124 e. The quantitative estimate of drug-likeness (QED) is 0.903. The molecule has 1 aliphatic rings. The molecule has 2 aromatic rings. The lowest BCUT2D eigenvalue weighted by molar-refractivity contribution is 0.303. The Bertz CT molecular complexity index is 619. The second-order valence-corrected chi connectivity index (χ2v) is 5.93. The Labute approximate surface area is 119 Å². The number of nitrogens with zero attached hydrogens (tertiary/aromatic N) is 1. The molecule has 2 atom stereocenters. The third-order valence-corrected chi connectivity index (χ3v) is 4.43. The lowest BCUT2D eigenvalue weighted by Gasteiger charge is -2.22. The van der Waals surface area contributed by atoms with Crippen molar-refractivity contribution in [2.75, 3.05) is 27.2 Å². The summed E-state index contributed by atoms with van der Waals surface area (Å²) in [6, 6.07) is 6.92. The number of aromatic nitrogens is 1. The second-order valence-electron chi connectivity index (χ2n) is 5.93. The third kappa shape index (κ3) is 2.19. The van der Waals surface area contributed by atoms with Gasteiger partial charge in [0.05, 0.1) is 7.11 Å². The van der Waals surface area contributed by atoms with E-state index < -0.39 is 0 Å². The van der Waals surface area contributed by atoms with Crippen molar-refractivity contribution in [1.82, 2.24) is 9.88 Å². The monoisotopic (exact) mass is 273 g/mol. The van der Waals surface area contributed by atoms with Crippen LogP contribution in [0.2, 0.25) is 0 Å². The van der Waals surface area contributed by atoms with Gasteiger partial charge in [0, 0.05) is 34.7 Å². The first kappa shape index (κ1) is 13.5. The fourth-order valence-corrected chi connectivity index (χ4v) is 3.40. The number of rotatable bonds is 3. The average molecular weight is 273 g/mol. The molecule has 3 N–H and O–H groups in total. The number of nitrogens with two attached hydrogens (primary N) is 1. The fourth-order valence-electron chi connectivity index (χ4n) is 3.40. The molecule has 2 heterocycles. The maximum Gasteiger partial charge on any atom is 0.124 e. The Balaban J connectivity index is 2.05. The van der Waals surface area contributed by atoms with E-state index in [-0.39, 0.29) is 0 Å². The Hall–Kier alpha value is -1.52. The van der Waals surface area contributed by atoms with Crippen LogP contribution in [-0.2, 0) is 0 Å². The number of likely N-dealkylation sites (tertiary alicyclic amines) is 1. The lowest BCUT2D eigenvalue weighted by atomic mass is 9.98. The van der Waals surface area contributed by atoms with Crippen LogP contribution in [0.25, 0.3) is 10.9 Å². The van der Waals surface area contributed by atoms with E-state index in [2.05, 4.69) is 42.1 Å². The van der Waals surface area contributed by atoms with E-state index in [9.17, 15) is 0 Å². The predicted molar refractivity (Wildman–Crippen MR) is 82.1 cm³/mol. The molecule has 2 unspecified atom stereocenters. The number of fused-ring (bicyclic) bond motifs is 1. The van der Waals surface area contributed by atoms with Gasteiger partial charge >= 0.3 is 0 Å². The molecule has 1 saturated heterocycles. The van der Waals surface area contributed by atoms with Crippen LogP contribution < -0.4 is 10.5 Å². The largest absolute Gasteiger partial charge is 0.496 e. The molecule has 108 valence electrons. The minimum absolute atomic E-state index is 0.395. The van der Waals surface area contributed by atoms with Crippen LogP contribution in [0.4, 0.5) is 0 Å². The number of hydrogen-bond donors (Lipinski definition) is 2. The summed E-state index contributed by atoms with van der Waals surface area (Å²) >= 11 is 0. The molecule has 1 aromatic heterocycles. The van der Waals surface area contributed by atoms with Crippen LogP contribution in [0.5, 0.6) is 5.75 Å². The number of H-pyrrole nitrogens is 1. The summed E-state index contributed by atoms with van der Waals surface area (Å²) in [5, 5.41) is 1.21. The zero-order chi connectivity index (χ0) is 14.3. The highest BCUT2D eigenvalue weighted by Crippen LogP contribution is 2.40. The van der Waals surface area contributed by atoms with E-state index in [0.717, 1.165) is 25.3 Å². The predicted octanol–water partition coefficient (Wildman–Crippen LogP) is 2.44. The molecule has 1 aliphatic heterocycles. The van der Waals surface area contributed by atoms with Gasteiger partial charge in [-0.05, 0) is 51.1 Å². The first-order chi connectivity index (χ1) is 9.62. The molecule has 0 spiro atoms. The van der Waals surface area contributed by atoms with Crippen molar-refractivity contribution in [2.24, 2.45) is 11.7 Å². The number of benzene rings is 1. The standard InChI is InChI=1S/C16H23N3O/c1-10-4-12-6-16(20-3)13(7-14(12)18-10)15-5-11(8-17)9-19(15)2/h4,6-7,11,15,18H,5,8-9,17H2,1-3H3. The summed E-state index contributed by atoms with van der Waals surface area (Å²) in [6.07, 6.45) is 1.11. The van der Waals surface area contributed by atoms with Gasteiger partial charge in [-0.1, -0.05) is 0 Å². The second kappa shape index (κ2) is 5.11. The normalized spacial score (nSPS) is 23.6. The molecule has 0 amide bonds. The molecular formula is C16H23N3O. The molecule has 4 heteroatoms. The van der Waals surface area contributed by atoms with Gasteiger partial charge in [-0.25, -0.2) is 0 Å². The third-order valence-electron chi connectivity index (χ3n) is 4.43. The summed E-state index contributed by atoms with van der Waals surface area (Å²) in [5.41, 5.74) is 9.46. The van der Waals surface area contributed by atoms with E-state index >= 15 is 0 Å². The van der Waals surface area contributed by atoms with E-state index in [0.29, 0.717) is 12.0 Å². The summed E-state index contributed by atoms with van der Waals surface area (Å²) < 4.78 is 5.62. The SMILES string of the molecule is COc1cc2cc(C)[nH]c2cc1C1CC(CN)CN1C. The van der Waals surface area contributed by atoms with Crippen molar-refractivity contribution in [2.45, 2.75) is 19.4 Å². The number of aromatic amines is 1. The van der Waals surface area contributed by atoms with Gasteiger partial charge in [-0.2, -0.15) is 0 Å². The van der Waals surface area contributed by atoms with E-state index in [4.69, 9.17) is 10.5 Å². The molecule has 0 radical (unpaired) electrons. The van der Waals surface area contributed by atoms with Crippen molar-refractivity contribution in [1.29, 1.82) is 0 Å². The van der Waals surface area contributed by atoms with E-state index in [1.807, 2.05) is 0 Å². The molecule has 0 saturated carbocycles. The molecule has 0 bridgehead atoms. The topological polar surface area (TPSA) is 54.3 Å². The zero-order valence-electron chi connectivity index (χ0n) is 12.4. The van der Waals surface area contributed by atoms with Crippen molar-refractivity contribution < 1.29 is 4.74 Å². The zero-order valence-corrected chi connectivity index (χ0v) is 12.4. The van der Waals surface area contributed by atoms with Crippen molar-refractivity contribution in [3.05, 3.63) is 29.5 Å². The van der Waals surface area contributed by atoms with Gasteiger partial charge in [0.15, 0.2) is 0 Å². The van der Waals surface area contributed by atoms with Gasteiger partial charge in [0.2, 0.25) is 0 Å². The van der Waals surface area contributed by atoms with Gasteiger partial charge in [0.1, 0.15) is 5.75 Å². The number of methoxy groups -OCH3 is 1. The summed E-state index contributed by atoms with van der Waals surface area (Å²) in [4.78, 5) is 5.80. The van der Waals surface area contributed by atoms with Gasteiger partial charge < -0.3 is 15.5 Å². The molecule has 3 rings (SSSR count). The summed E-state index contributed by atoms with van der Waals surface area (Å²) in [5.74, 6) is 1.56. The maximum absolute atomic E-state index is 5.84. The minimum atomic E-state index is 0.395. The Morgan fingerprint density at radius 2 is 2.20 bits per heavy atom. The van der Waals surface area contributed by atoms with Crippen LogP contribution in [0.1, 0.15) is 23.7 Å². The molecule has 20 heavy (non-hydrogen) atoms. The maximum atomic E-state index is 5.84. The Kier molecular flexibility index (Phi) is 3.44. The highest BCUT2D eigenvalue weighted by Gasteiger charge is 2.31. The minimum Gasteiger partial charge on any atom is -0.496 e. The van der Waals surface area contributed by atoms with Crippen LogP contribution in [-0.4, -0.2) is 37.1 Å². The van der Waals surface area contributed by atoms with Crippen LogP contribution in [0.3, 0.4) is 0 Å². The fraction of sp³-hybridized carbons (Fsp3) is 0.500. The Morgan fingerprint density at radius 3 is 2.85 bits per heavy atom. The molecule has 0 aliphatic carbocycles. The van der Waals surface area contributed by atoms with Crippen molar-refractivity contribution >= 4 is 10.9 Å². The molecule has 1 fully saturated rings. The first-order valence-corrected chi connectivity index (χ1v) is 7.20. The molecular weight excluding hydrogens is 250 g/mol. The first-order valence-electron chi connectivity index (χ1n) is 7.20. The summed E-state index contributed by atoms with van der Waals surface area (Å²) in [7, 11) is 3.92. The lowest BCUT2D eigenvalue weighted by Crippen LogP contribution is -2.20. The number of ether oxygens (including phenoxy) is 1. The number of aryl methyl sites for hydroxylation is 1. The van der Waals surface area contributed by atoms with Crippen molar-refractivity contribution in [3.8, 4) is 5.75 Å².